The van der Waals surface area contributed by atoms with Crippen LogP contribution in [0.3, 0.4) is 0 Å². The molecule has 0 aliphatic rings. The molecule has 0 radical (unpaired) electrons. The van der Waals surface area contributed by atoms with Crippen molar-refractivity contribution in [3.8, 4) is 0 Å². The number of nitrogens with two attached hydrogens (primary N) is 1. The number of nitrogens with one attached hydrogen (secondary N) is 1. The molecule has 21 heavy (non-hydrogen) atoms. The van der Waals surface area contributed by atoms with Crippen molar-refractivity contribution in [2.75, 3.05) is 25.4 Å². The van der Waals surface area contributed by atoms with E-state index in [1.54, 1.807) is 0 Å². The first-order valence-corrected chi connectivity index (χ1v) is 7.77. The van der Waals surface area contributed by atoms with Crippen molar-refractivity contribution in [3.63, 3.8) is 0 Å². The van der Waals surface area contributed by atoms with Crippen LogP contribution in [0.2, 0.25) is 0 Å². The fourth-order valence-corrected chi connectivity index (χ4v) is 2.86. The number of H-pyrrole nitrogens is 1. The Kier molecular flexibility index (Phi) is 5.59. The van der Waals surface area contributed by atoms with Gasteiger partial charge in [0, 0.05) is 31.2 Å². The van der Waals surface area contributed by atoms with Crippen LogP contribution in [-0.2, 0) is 6.42 Å². The summed E-state index contributed by atoms with van der Waals surface area (Å²) in [7, 11) is 0. The molecule has 5 nitrogen and oxygen atoms in total. The highest BCUT2D eigenvalue weighted by Crippen LogP contribution is 2.16. The third-order valence-electron chi connectivity index (χ3n) is 4.04. The van der Waals surface area contributed by atoms with E-state index in [1.165, 1.54) is 0 Å². The summed E-state index contributed by atoms with van der Waals surface area (Å²) in [4.78, 5) is 10.3. The Labute approximate surface area is 126 Å². The van der Waals surface area contributed by atoms with Crippen molar-refractivity contribution >= 4 is 16.7 Å². The lowest BCUT2D eigenvalue weighted by atomic mass is 10.1. The summed E-state index contributed by atoms with van der Waals surface area (Å²) in [5.74, 6) is 0.976. The Morgan fingerprint density at radius 1 is 1.29 bits per heavy atom. The Balaban J connectivity index is 2.04. The minimum Gasteiger partial charge on any atom is -0.399 e. The van der Waals surface area contributed by atoms with Crippen molar-refractivity contribution in [1.82, 2.24) is 14.9 Å². The predicted octanol–water partition coefficient (Wildman–Crippen LogP) is 2.17. The Bertz CT molecular complexity index is 562. The predicted molar refractivity (Wildman–Crippen MR) is 87.2 cm³/mol. The number of nitrogen functional groups attached to an aromatic ring is 1. The van der Waals surface area contributed by atoms with Gasteiger partial charge in [-0.3, -0.25) is 4.90 Å². The van der Waals surface area contributed by atoms with Gasteiger partial charge in [-0.25, -0.2) is 4.98 Å². The average Bonchev–Trinajstić information content (AvgIpc) is 2.87. The van der Waals surface area contributed by atoms with Gasteiger partial charge >= 0.3 is 0 Å². The number of hydrogen-bond donors (Lipinski definition) is 3. The lowest BCUT2D eigenvalue weighted by Gasteiger charge is -2.29. The van der Waals surface area contributed by atoms with Gasteiger partial charge in [0.05, 0.1) is 17.6 Å². The number of aromatic amines is 1. The number of anilines is 1. The Morgan fingerprint density at radius 3 is 2.71 bits per heavy atom. The average molecular weight is 290 g/mol. The molecule has 0 unspecified atom stereocenters. The number of rotatable bonds is 8. The maximum atomic E-state index is 9.24. The second-order valence-electron chi connectivity index (χ2n) is 5.44. The molecule has 0 atom stereocenters. The normalized spacial score (nSPS) is 11.9. The van der Waals surface area contributed by atoms with Gasteiger partial charge in [-0.2, -0.15) is 0 Å². The summed E-state index contributed by atoms with van der Waals surface area (Å²) in [5.41, 5.74) is 8.48. The van der Waals surface area contributed by atoms with E-state index in [9.17, 15) is 5.11 Å². The van der Waals surface area contributed by atoms with Crippen molar-refractivity contribution < 1.29 is 5.11 Å². The van der Waals surface area contributed by atoms with Crippen LogP contribution in [0.15, 0.2) is 18.2 Å². The van der Waals surface area contributed by atoms with E-state index in [1.807, 2.05) is 18.2 Å². The molecule has 1 aromatic carbocycles. The lowest BCUT2D eigenvalue weighted by molar-refractivity contribution is 0.144. The fraction of sp³-hybridized carbons (Fsp3) is 0.562. The maximum absolute atomic E-state index is 9.24. The summed E-state index contributed by atoms with van der Waals surface area (Å²) in [5, 5.41) is 9.24. The van der Waals surface area contributed by atoms with Crippen molar-refractivity contribution in [1.29, 1.82) is 0 Å². The Morgan fingerprint density at radius 2 is 2.05 bits per heavy atom. The second kappa shape index (κ2) is 7.43. The number of fused-ring (bicyclic) bond motifs is 1. The van der Waals surface area contributed by atoms with E-state index in [0.717, 1.165) is 54.9 Å². The monoisotopic (exact) mass is 290 g/mol. The molecule has 116 valence electrons. The standard InChI is InChI=1S/C16H26N4O/c1-3-13(4-2)20(9-10-21)8-7-16-18-14-6-5-12(17)11-15(14)19-16/h5-6,11,13,21H,3-4,7-10,17H2,1-2H3,(H,18,19). The summed E-state index contributed by atoms with van der Waals surface area (Å²) >= 11 is 0. The summed E-state index contributed by atoms with van der Waals surface area (Å²) in [6, 6.07) is 6.25. The SMILES string of the molecule is CCC(CC)N(CCO)CCc1nc2ccc(N)cc2[nH]1. The third kappa shape index (κ3) is 3.95. The Hall–Kier alpha value is -1.59. The number of benzene rings is 1. The van der Waals surface area contributed by atoms with Crippen LogP contribution in [0.1, 0.15) is 32.5 Å². The highest BCUT2D eigenvalue weighted by atomic mass is 16.3. The van der Waals surface area contributed by atoms with Gasteiger partial charge in [-0.05, 0) is 31.0 Å². The maximum Gasteiger partial charge on any atom is 0.108 e. The molecule has 0 bridgehead atoms. The van der Waals surface area contributed by atoms with E-state index in [0.29, 0.717) is 6.04 Å². The molecule has 0 saturated heterocycles. The lowest BCUT2D eigenvalue weighted by Crippen LogP contribution is -2.38. The smallest absolute Gasteiger partial charge is 0.108 e. The first-order valence-electron chi connectivity index (χ1n) is 7.77. The van der Waals surface area contributed by atoms with Gasteiger partial charge in [-0.15, -0.1) is 0 Å². The van der Waals surface area contributed by atoms with Gasteiger partial charge in [0.15, 0.2) is 0 Å². The molecule has 0 fully saturated rings. The van der Waals surface area contributed by atoms with Crippen LogP contribution in [-0.4, -0.2) is 45.7 Å². The number of aromatic nitrogens is 2. The largest absolute Gasteiger partial charge is 0.399 e. The van der Waals surface area contributed by atoms with E-state index >= 15 is 0 Å². The van der Waals surface area contributed by atoms with Crippen LogP contribution >= 0.6 is 0 Å². The number of nitrogens with zero attached hydrogens (tertiary/aromatic N) is 2. The zero-order valence-corrected chi connectivity index (χ0v) is 13.0. The van der Waals surface area contributed by atoms with E-state index in [-0.39, 0.29) is 6.61 Å². The van der Waals surface area contributed by atoms with Crippen LogP contribution in [0.25, 0.3) is 11.0 Å². The summed E-state index contributed by atoms with van der Waals surface area (Å²) in [6.45, 7) is 6.22. The minimum absolute atomic E-state index is 0.202. The molecule has 1 heterocycles. The zero-order chi connectivity index (χ0) is 15.2. The minimum atomic E-state index is 0.202. The summed E-state index contributed by atoms with van der Waals surface area (Å²) in [6.07, 6.45) is 3.06. The molecule has 4 N–H and O–H groups in total. The molecular formula is C16H26N4O. The fourth-order valence-electron chi connectivity index (χ4n) is 2.86. The highest BCUT2D eigenvalue weighted by molar-refractivity contribution is 5.78. The van der Waals surface area contributed by atoms with E-state index in [2.05, 4.69) is 28.7 Å². The van der Waals surface area contributed by atoms with E-state index < -0.39 is 0 Å². The number of aliphatic hydroxyl groups excluding tert-OH is 1. The van der Waals surface area contributed by atoms with Crippen LogP contribution < -0.4 is 5.73 Å². The molecular weight excluding hydrogens is 264 g/mol. The van der Waals surface area contributed by atoms with Crippen LogP contribution in [0, 0.1) is 0 Å². The molecule has 5 heteroatoms. The molecule has 2 aromatic rings. The molecule has 0 aliphatic heterocycles. The van der Waals surface area contributed by atoms with Crippen molar-refractivity contribution in [2.45, 2.75) is 39.2 Å². The molecule has 0 spiro atoms. The van der Waals surface area contributed by atoms with Crippen LogP contribution in [0.5, 0.6) is 0 Å². The van der Waals surface area contributed by atoms with E-state index in [4.69, 9.17) is 5.73 Å². The highest BCUT2D eigenvalue weighted by Gasteiger charge is 2.15. The first-order chi connectivity index (χ1) is 10.2. The second-order valence-corrected chi connectivity index (χ2v) is 5.44. The topological polar surface area (TPSA) is 78.2 Å². The van der Waals surface area contributed by atoms with Gasteiger partial charge in [0.25, 0.3) is 0 Å². The first kappa shape index (κ1) is 15.8. The van der Waals surface area contributed by atoms with Gasteiger partial charge in [0.1, 0.15) is 5.82 Å². The zero-order valence-electron chi connectivity index (χ0n) is 13.0. The number of imidazole rings is 1. The molecule has 0 saturated carbocycles. The molecule has 0 amide bonds. The molecule has 1 aromatic heterocycles. The quantitative estimate of drug-likeness (QED) is 0.651. The molecule has 0 aliphatic carbocycles. The molecule has 2 rings (SSSR count). The van der Waals surface area contributed by atoms with Gasteiger partial charge < -0.3 is 15.8 Å². The van der Waals surface area contributed by atoms with Crippen molar-refractivity contribution in [3.05, 3.63) is 24.0 Å². The van der Waals surface area contributed by atoms with Gasteiger partial charge in [-0.1, -0.05) is 13.8 Å². The van der Waals surface area contributed by atoms with Gasteiger partial charge in [0.2, 0.25) is 0 Å². The number of aliphatic hydroxyl groups is 1. The van der Waals surface area contributed by atoms with Crippen LogP contribution in [0.4, 0.5) is 5.69 Å². The number of hydrogen-bond acceptors (Lipinski definition) is 4. The summed E-state index contributed by atoms with van der Waals surface area (Å²) < 4.78 is 0. The third-order valence-corrected chi connectivity index (χ3v) is 4.04. The van der Waals surface area contributed by atoms with Crippen molar-refractivity contribution in [2.24, 2.45) is 0 Å².